The molecule has 0 aliphatic carbocycles. The minimum Gasteiger partial charge on any atom is -0.299 e. The van der Waals surface area contributed by atoms with Crippen LogP contribution in [-0.4, -0.2) is 27.8 Å². The van der Waals surface area contributed by atoms with E-state index in [4.69, 9.17) is 0 Å². The highest BCUT2D eigenvalue weighted by Gasteiger charge is 2.23. The molecule has 128 valence electrons. The van der Waals surface area contributed by atoms with Gasteiger partial charge in [-0.2, -0.15) is 0 Å². The maximum Gasteiger partial charge on any atom is 0.271 e. The van der Waals surface area contributed by atoms with Crippen LogP contribution in [0.5, 0.6) is 0 Å². The third-order valence-electron chi connectivity index (χ3n) is 4.93. The number of rotatable bonds is 5. The lowest BCUT2D eigenvalue weighted by Crippen LogP contribution is -2.22. The Balaban J connectivity index is 1.40. The van der Waals surface area contributed by atoms with Crippen molar-refractivity contribution in [2.45, 2.75) is 19.5 Å². The summed E-state index contributed by atoms with van der Waals surface area (Å²) in [6.45, 7) is 4.08. The van der Waals surface area contributed by atoms with Gasteiger partial charge >= 0.3 is 0 Å². The number of nitrogens with one attached hydrogen (secondary N) is 1. The molecule has 0 saturated carbocycles. The first-order chi connectivity index (χ1) is 12.3. The van der Waals surface area contributed by atoms with Gasteiger partial charge in [0.05, 0.1) is 5.56 Å². The number of aromatic amines is 1. The fraction of sp³-hybridized carbons (Fsp3) is 0.286. The molecular formula is C21H23N3O. The Labute approximate surface area is 147 Å². The Hall–Kier alpha value is -2.59. The molecule has 4 heteroatoms. The molecule has 1 aromatic heterocycles. The number of aromatic nitrogens is 2. The molecule has 25 heavy (non-hydrogen) atoms. The molecule has 1 aliphatic heterocycles. The van der Waals surface area contributed by atoms with Crippen molar-refractivity contribution in [2.75, 3.05) is 13.1 Å². The quantitative estimate of drug-likeness (QED) is 0.778. The summed E-state index contributed by atoms with van der Waals surface area (Å²) in [6.07, 6.45) is 3.13. The van der Waals surface area contributed by atoms with Crippen LogP contribution in [0.25, 0.3) is 11.1 Å². The van der Waals surface area contributed by atoms with E-state index < -0.39 is 0 Å². The number of hydrogen-bond donors (Lipinski definition) is 1. The van der Waals surface area contributed by atoms with E-state index >= 15 is 0 Å². The molecule has 1 atom stereocenters. The number of nitrogens with zero attached hydrogens (tertiary/aromatic N) is 2. The number of hydrogen-bond acceptors (Lipinski definition) is 2. The van der Waals surface area contributed by atoms with Gasteiger partial charge in [0, 0.05) is 25.8 Å². The van der Waals surface area contributed by atoms with Gasteiger partial charge in [-0.25, -0.2) is 0 Å². The lowest BCUT2D eigenvalue weighted by atomic mass is 10.1. The van der Waals surface area contributed by atoms with E-state index in [1.54, 1.807) is 0 Å². The molecule has 4 rings (SSSR count). The van der Waals surface area contributed by atoms with Crippen LogP contribution in [-0.2, 0) is 13.1 Å². The van der Waals surface area contributed by atoms with Crippen LogP contribution < -0.4 is 5.56 Å². The van der Waals surface area contributed by atoms with Crippen molar-refractivity contribution in [3.63, 3.8) is 0 Å². The predicted octanol–water partition coefficient (Wildman–Crippen LogP) is 3.37. The minimum atomic E-state index is -0.00895. The lowest BCUT2D eigenvalue weighted by molar-refractivity contribution is 0.306. The number of likely N-dealkylation sites (tertiary alicyclic amines) is 1. The largest absolute Gasteiger partial charge is 0.299 e. The summed E-state index contributed by atoms with van der Waals surface area (Å²) >= 11 is 0. The zero-order valence-corrected chi connectivity index (χ0v) is 14.3. The highest BCUT2D eigenvalue weighted by Crippen LogP contribution is 2.21. The Morgan fingerprint density at radius 3 is 2.48 bits per heavy atom. The Kier molecular flexibility index (Phi) is 4.53. The van der Waals surface area contributed by atoms with E-state index in [0.29, 0.717) is 5.92 Å². The Bertz CT molecular complexity index is 867. The average molecular weight is 333 g/mol. The van der Waals surface area contributed by atoms with Gasteiger partial charge in [-0.05, 0) is 30.0 Å². The normalized spacial score (nSPS) is 17.8. The van der Waals surface area contributed by atoms with Crippen LogP contribution in [0.4, 0.5) is 0 Å². The van der Waals surface area contributed by atoms with E-state index in [-0.39, 0.29) is 5.56 Å². The maximum atomic E-state index is 12.2. The molecule has 0 spiro atoms. The maximum absolute atomic E-state index is 12.2. The topological polar surface area (TPSA) is 41.0 Å². The standard InChI is InChI=1S/C21H23N3O/c25-21-20(19-9-5-2-6-10-19)16-24(22-21)15-18-11-12-23(14-18)13-17-7-3-1-4-8-17/h1-10,16,18H,11-15H2,(H,22,25). The van der Waals surface area contributed by atoms with E-state index in [9.17, 15) is 4.79 Å². The second-order valence-electron chi connectivity index (χ2n) is 6.88. The van der Waals surface area contributed by atoms with Crippen molar-refractivity contribution >= 4 is 0 Å². The van der Waals surface area contributed by atoms with Gasteiger partial charge in [-0.15, -0.1) is 0 Å². The molecule has 2 heterocycles. The van der Waals surface area contributed by atoms with Gasteiger partial charge in [-0.1, -0.05) is 60.7 Å². The summed E-state index contributed by atoms with van der Waals surface area (Å²) in [6, 6.07) is 20.5. The van der Waals surface area contributed by atoms with Crippen molar-refractivity contribution in [3.8, 4) is 11.1 Å². The van der Waals surface area contributed by atoms with Crippen molar-refractivity contribution in [1.82, 2.24) is 14.7 Å². The van der Waals surface area contributed by atoms with Crippen LogP contribution in [0, 0.1) is 5.92 Å². The highest BCUT2D eigenvalue weighted by atomic mass is 16.1. The van der Waals surface area contributed by atoms with E-state index in [1.807, 2.05) is 41.2 Å². The van der Waals surface area contributed by atoms with Gasteiger partial charge in [-0.3, -0.25) is 19.5 Å². The third-order valence-corrected chi connectivity index (χ3v) is 4.93. The van der Waals surface area contributed by atoms with Gasteiger partial charge in [0.25, 0.3) is 5.56 Å². The highest BCUT2D eigenvalue weighted by molar-refractivity contribution is 5.61. The SMILES string of the molecule is O=c1[nH]n(CC2CCN(Cc3ccccc3)C2)cc1-c1ccccc1. The molecule has 1 unspecified atom stereocenters. The first-order valence-electron chi connectivity index (χ1n) is 8.89. The van der Waals surface area contributed by atoms with Crippen molar-refractivity contribution in [1.29, 1.82) is 0 Å². The minimum absolute atomic E-state index is 0.00895. The molecule has 4 nitrogen and oxygen atoms in total. The van der Waals surface area contributed by atoms with Gasteiger partial charge in [0.1, 0.15) is 0 Å². The summed E-state index contributed by atoms with van der Waals surface area (Å²) in [5, 5.41) is 2.98. The molecule has 1 fully saturated rings. The van der Waals surface area contributed by atoms with Crippen LogP contribution in [0.15, 0.2) is 71.7 Å². The first kappa shape index (κ1) is 15.9. The summed E-state index contributed by atoms with van der Waals surface area (Å²) < 4.78 is 1.96. The summed E-state index contributed by atoms with van der Waals surface area (Å²) in [4.78, 5) is 14.7. The fourth-order valence-electron chi connectivity index (χ4n) is 3.68. The molecule has 2 aromatic carbocycles. The molecule has 0 bridgehead atoms. The molecule has 3 aromatic rings. The lowest BCUT2D eigenvalue weighted by Gasteiger charge is -2.16. The van der Waals surface area contributed by atoms with E-state index in [0.717, 1.165) is 37.3 Å². The Morgan fingerprint density at radius 1 is 1.00 bits per heavy atom. The zero-order chi connectivity index (χ0) is 17.1. The summed E-state index contributed by atoms with van der Waals surface area (Å²) in [7, 11) is 0. The molecular weight excluding hydrogens is 310 g/mol. The zero-order valence-electron chi connectivity index (χ0n) is 14.3. The molecule has 0 amide bonds. The third kappa shape index (κ3) is 3.74. The van der Waals surface area contributed by atoms with Gasteiger partial charge in [0.15, 0.2) is 0 Å². The smallest absolute Gasteiger partial charge is 0.271 e. The second-order valence-corrected chi connectivity index (χ2v) is 6.88. The van der Waals surface area contributed by atoms with Crippen molar-refractivity contribution in [3.05, 3.63) is 82.8 Å². The molecule has 1 saturated heterocycles. The number of H-pyrrole nitrogens is 1. The first-order valence-corrected chi connectivity index (χ1v) is 8.89. The Morgan fingerprint density at radius 2 is 1.72 bits per heavy atom. The number of benzene rings is 2. The van der Waals surface area contributed by atoms with E-state index in [2.05, 4.69) is 40.3 Å². The van der Waals surface area contributed by atoms with Crippen LogP contribution in [0.2, 0.25) is 0 Å². The van der Waals surface area contributed by atoms with Gasteiger partial charge in [0.2, 0.25) is 0 Å². The van der Waals surface area contributed by atoms with Crippen LogP contribution >= 0.6 is 0 Å². The van der Waals surface area contributed by atoms with Crippen molar-refractivity contribution in [2.24, 2.45) is 5.92 Å². The van der Waals surface area contributed by atoms with Crippen LogP contribution in [0.3, 0.4) is 0 Å². The fourth-order valence-corrected chi connectivity index (χ4v) is 3.68. The van der Waals surface area contributed by atoms with Crippen molar-refractivity contribution < 1.29 is 0 Å². The van der Waals surface area contributed by atoms with E-state index in [1.165, 1.54) is 12.0 Å². The molecule has 0 radical (unpaired) electrons. The van der Waals surface area contributed by atoms with Crippen LogP contribution in [0.1, 0.15) is 12.0 Å². The molecule has 1 aliphatic rings. The summed E-state index contributed by atoms with van der Waals surface area (Å²) in [5.41, 5.74) is 3.08. The predicted molar refractivity (Wildman–Crippen MR) is 100 cm³/mol. The monoisotopic (exact) mass is 333 g/mol. The second kappa shape index (κ2) is 7.11. The average Bonchev–Trinajstić information content (AvgIpc) is 3.23. The van der Waals surface area contributed by atoms with Gasteiger partial charge < -0.3 is 0 Å². The summed E-state index contributed by atoms with van der Waals surface area (Å²) in [5.74, 6) is 0.579. The molecule has 1 N–H and O–H groups in total.